The second-order valence-electron chi connectivity index (χ2n) is 6.50. The molecule has 0 heterocycles. The number of hydrogen-bond acceptors (Lipinski definition) is 0. The summed E-state index contributed by atoms with van der Waals surface area (Å²) in [5.74, 6) is 2.25. The van der Waals surface area contributed by atoms with Gasteiger partial charge >= 0.3 is 0 Å². The normalized spacial score (nSPS) is 56.1. The molecule has 1 spiro atoms. The van der Waals surface area contributed by atoms with Gasteiger partial charge in [-0.05, 0) is 54.8 Å². The molecule has 0 aromatic rings. The van der Waals surface area contributed by atoms with Crippen LogP contribution in [0.2, 0.25) is 0 Å². The van der Waals surface area contributed by atoms with Crippen molar-refractivity contribution >= 4 is 0 Å². The second kappa shape index (κ2) is 2.77. The molecule has 2 bridgehead atoms. The van der Waals surface area contributed by atoms with Gasteiger partial charge in [0.25, 0.3) is 0 Å². The first-order valence-electron chi connectivity index (χ1n) is 6.70. The molecule has 3 fully saturated rings. The summed E-state index contributed by atoms with van der Waals surface area (Å²) < 4.78 is 0. The Labute approximate surface area is 88.5 Å². The van der Waals surface area contributed by atoms with Gasteiger partial charge in [0.05, 0.1) is 0 Å². The average molecular weight is 192 g/mol. The standard InChI is InChI=1S/C14H24/c1-3-13(2)7-4-8-14(13)10-11-5-6-12(14)9-11/h11-12H,3-10H2,1-2H3/t11-,12+,13?,14+/m1/s1. The summed E-state index contributed by atoms with van der Waals surface area (Å²) >= 11 is 0. The molecule has 0 amide bonds. The van der Waals surface area contributed by atoms with Crippen molar-refractivity contribution in [2.75, 3.05) is 0 Å². The monoisotopic (exact) mass is 192 g/mol. The lowest BCUT2D eigenvalue weighted by Crippen LogP contribution is -2.39. The van der Waals surface area contributed by atoms with E-state index >= 15 is 0 Å². The van der Waals surface area contributed by atoms with E-state index in [1.54, 1.807) is 32.1 Å². The smallest absolute Gasteiger partial charge is 0.0213 e. The van der Waals surface area contributed by atoms with Crippen LogP contribution in [-0.4, -0.2) is 0 Å². The van der Waals surface area contributed by atoms with Crippen LogP contribution in [0.4, 0.5) is 0 Å². The van der Waals surface area contributed by atoms with E-state index < -0.39 is 0 Å². The zero-order valence-corrected chi connectivity index (χ0v) is 9.81. The summed E-state index contributed by atoms with van der Waals surface area (Å²) in [6.45, 7) is 5.03. The highest BCUT2D eigenvalue weighted by molar-refractivity contribution is 5.10. The van der Waals surface area contributed by atoms with E-state index in [9.17, 15) is 0 Å². The molecular weight excluding hydrogens is 168 g/mol. The van der Waals surface area contributed by atoms with Gasteiger partial charge in [0.15, 0.2) is 0 Å². The predicted molar refractivity (Wildman–Crippen MR) is 60.1 cm³/mol. The van der Waals surface area contributed by atoms with Gasteiger partial charge in [-0.3, -0.25) is 0 Å². The van der Waals surface area contributed by atoms with E-state index in [4.69, 9.17) is 0 Å². The SMILES string of the molecule is CCC1(C)CCC[C@@]12C[C@@H]1CC[C@H]2C1. The van der Waals surface area contributed by atoms with Gasteiger partial charge in [-0.1, -0.05) is 33.1 Å². The van der Waals surface area contributed by atoms with E-state index in [0.717, 1.165) is 17.3 Å². The third kappa shape index (κ3) is 0.907. The van der Waals surface area contributed by atoms with Crippen LogP contribution in [0, 0.1) is 22.7 Å². The maximum absolute atomic E-state index is 2.60. The van der Waals surface area contributed by atoms with Gasteiger partial charge in [-0.2, -0.15) is 0 Å². The minimum absolute atomic E-state index is 0.715. The zero-order valence-electron chi connectivity index (χ0n) is 9.81. The van der Waals surface area contributed by atoms with E-state index in [1.165, 1.54) is 19.3 Å². The molecule has 3 aliphatic rings. The van der Waals surface area contributed by atoms with Crippen LogP contribution in [0.15, 0.2) is 0 Å². The Morgan fingerprint density at radius 2 is 2.07 bits per heavy atom. The first-order valence-corrected chi connectivity index (χ1v) is 6.70. The summed E-state index contributed by atoms with van der Waals surface area (Å²) in [5, 5.41) is 0. The second-order valence-corrected chi connectivity index (χ2v) is 6.50. The Bertz CT molecular complexity index is 244. The third-order valence-electron chi connectivity index (χ3n) is 6.31. The van der Waals surface area contributed by atoms with Crippen LogP contribution in [0.25, 0.3) is 0 Å². The van der Waals surface area contributed by atoms with Crippen molar-refractivity contribution in [1.82, 2.24) is 0 Å². The molecule has 0 N–H and O–H groups in total. The average Bonchev–Trinajstić information content (AvgIpc) is 2.84. The van der Waals surface area contributed by atoms with Crippen LogP contribution in [-0.2, 0) is 0 Å². The molecular formula is C14H24. The summed E-state index contributed by atoms with van der Waals surface area (Å²) in [6, 6.07) is 0. The number of rotatable bonds is 1. The molecule has 0 heteroatoms. The fourth-order valence-electron chi connectivity index (χ4n) is 5.36. The summed E-state index contributed by atoms with van der Waals surface area (Å²) in [4.78, 5) is 0. The molecule has 3 saturated carbocycles. The zero-order chi connectivity index (χ0) is 9.81. The maximum atomic E-state index is 2.60. The Balaban J connectivity index is 1.96. The highest BCUT2D eigenvalue weighted by Crippen LogP contribution is 2.70. The van der Waals surface area contributed by atoms with Crippen LogP contribution in [0.5, 0.6) is 0 Å². The maximum Gasteiger partial charge on any atom is -0.0213 e. The molecule has 80 valence electrons. The van der Waals surface area contributed by atoms with E-state index in [2.05, 4.69) is 13.8 Å². The molecule has 3 aliphatic carbocycles. The lowest BCUT2D eigenvalue weighted by Gasteiger charge is -2.47. The number of fused-ring (bicyclic) bond motifs is 3. The molecule has 0 nitrogen and oxygen atoms in total. The Kier molecular flexibility index (Phi) is 1.83. The Morgan fingerprint density at radius 1 is 1.21 bits per heavy atom. The van der Waals surface area contributed by atoms with E-state index in [0.29, 0.717) is 5.41 Å². The van der Waals surface area contributed by atoms with Crippen LogP contribution in [0.1, 0.15) is 65.2 Å². The highest BCUT2D eigenvalue weighted by atomic mass is 14.6. The molecule has 0 radical (unpaired) electrons. The fourth-order valence-corrected chi connectivity index (χ4v) is 5.36. The van der Waals surface area contributed by atoms with Crippen molar-refractivity contribution in [1.29, 1.82) is 0 Å². The first kappa shape index (κ1) is 9.24. The fraction of sp³-hybridized carbons (Fsp3) is 1.00. The highest BCUT2D eigenvalue weighted by Gasteiger charge is 2.60. The van der Waals surface area contributed by atoms with Crippen molar-refractivity contribution in [3.63, 3.8) is 0 Å². The lowest BCUT2D eigenvalue weighted by molar-refractivity contribution is 0.0216. The van der Waals surface area contributed by atoms with Gasteiger partial charge < -0.3 is 0 Å². The summed E-state index contributed by atoms with van der Waals surface area (Å²) in [7, 11) is 0. The molecule has 3 rings (SSSR count). The molecule has 4 atom stereocenters. The summed E-state index contributed by atoms with van der Waals surface area (Å²) in [6.07, 6.45) is 12.4. The minimum atomic E-state index is 0.715. The van der Waals surface area contributed by atoms with Crippen molar-refractivity contribution < 1.29 is 0 Å². The summed E-state index contributed by atoms with van der Waals surface area (Å²) in [5.41, 5.74) is 1.53. The molecule has 14 heavy (non-hydrogen) atoms. The van der Waals surface area contributed by atoms with Crippen molar-refractivity contribution in [2.45, 2.75) is 65.2 Å². The van der Waals surface area contributed by atoms with Gasteiger partial charge in [0.2, 0.25) is 0 Å². The van der Waals surface area contributed by atoms with E-state index in [-0.39, 0.29) is 0 Å². The molecule has 0 aliphatic heterocycles. The minimum Gasteiger partial charge on any atom is -0.0648 e. The van der Waals surface area contributed by atoms with Crippen molar-refractivity contribution in [2.24, 2.45) is 22.7 Å². The van der Waals surface area contributed by atoms with Gasteiger partial charge in [0.1, 0.15) is 0 Å². The largest absolute Gasteiger partial charge is 0.0648 e. The Hall–Kier alpha value is 0. The quantitative estimate of drug-likeness (QED) is 0.578. The van der Waals surface area contributed by atoms with Crippen LogP contribution >= 0.6 is 0 Å². The van der Waals surface area contributed by atoms with Crippen LogP contribution in [0.3, 0.4) is 0 Å². The first-order chi connectivity index (χ1) is 6.70. The van der Waals surface area contributed by atoms with Crippen LogP contribution < -0.4 is 0 Å². The molecule has 0 saturated heterocycles. The predicted octanol–water partition coefficient (Wildman–Crippen LogP) is 4.39. The third-order valence-corrected chi connectivity index (χ3v) is 6.31. The molecule has 0 aromatic heterocycles. The van der Waals surface area contributed by atoms with Crippen molar-refractivity contribution in [3.8, 4) is 0 Å². The Morgan fingerprint density at radius 3 is 2.64 bits per heavy atom. The van der Waals surface area contributed by atoms with Crippen molar-refractivity contribution in [3.05, 3.63) is 0 Å². The van der Waals surface area contributed by atoms with Gasteiger partial charge in [0, 0.05) is 0 Å². The lowest BCUT2D eigenvalue weighted by atomic mass is 9.58. The topological polar surface area (TPSA) is 0 Å². The van der Waals surface area contributed by atoms with Gasteiger partial charge in [-0.25, -0.2) is 0 Å². The molecule has 0 aromatic carbocycles. The van der Waals surface area contributed by atoms with E-state index in [1.807, 2.05) is 0 Å². The van der Waals surface area contributed by atoms with Gasteiger partial charge in [-0.15, -0.1) is 0 Å². The molecule has 1 unspecified atom stereocenters. The number of hydrogen-bond donors (Lipinski definition) is 0.